The Morgan fingerprint density at radius 3 is 3.07 bits per heavy atom. The summed E-state index contributed by atoms with van der Waals surface area (Å²) in [5.41, 5.74) is 1.98. The van der Waals surface area contributed by atoms with Gasteiger partial charge in [0, 0.05) is 16.7 Å². The maximum Gasteiger partial charge on any atom is 0.179 e. The van der Waals surface area contributed by atoms with Gasteiger partial charge in [-0.05, 0) is 47.1 Å². The van der Waals surface area contributed by atoms with Crippen LogP contribution in [0.4, 0.5) is 0 Å². The van der Waals surface area contributed by atoms with Crippen molar-refractivity contribution in [3.63, 3.8) is 0 Å². The molecule has 72 valence electrons. The van der Waals surface area contributed by atoms with Gasteiger partial charge in [-0.3, -0.25) is 4.57 Å². The maximum absolute atomic E-state index is 5.26. The Bertz CT molecular complexity index is 553. The quantitative estimate of drug-likeness (QED) is 0.807. The van der Waals surface area contributed by atoms with E-state index in [1.54, 1.807) is 0 Å². The van der Waals surface area contributed by atoms with Gasteiger partial charge < -0.3 is 4.98 Å². The van der Waals surface area contributed by atoms with Crippen molar-refractivity contribution in [3.8, 4) is 0 Å². The highest BCUT2D eigenvalue weighted by atomic mass is 79.9. The van der Waals surface area contributed by atoms with Gasteiger partial charge in [0.1, 0.15) is 0 Å². The summed E-state index contributed by atoms with van der Waals surface area (Å²) in [7, 11) is 0. The number of hydrogen-bond acceptors (Lipinski definition) is 2. The summed E-state index contributed by atoms with van der Waals surface area (Å²) < 4.78 is 3.88. The normalized spacial score (nSPS) is 16.4. The fraction of sp³-hybridized carbons (Fsp3) is 0.333. The Hall–Kier alpha value is -0.680. The minimum atomic E-state index is 0.574. The summed E-state index contributed by atoms with van der Waals surface area (Å²) in [6.45, 7) is 0. The van der Waals surface area contributed by atoms with Crippen molar-refractivity contribution in [2.75, 3.05) is 0 Å². The molecule has 1 saturated carbocycles. The third-order valence-corrected chi connectivity index (χ3v) is 3.17. The molecule has 1 aliphatic rings. The Kier molecular flexibility index (Phi) is 1.79. The molecule has 0 spiro atoms. The van der Waals surface area contributed by atoms with Crippen molar-refractivity contribution in [3.05, 3.63) is 21.5 Å². The highest BCUT2D eigenvalue weighted by Crippen LogP contribution is 2.37. The zero-order valence-electron chi connectivity index (χ0n) is 7.33. The molecule has 0 aromatic carbocycles. The molecule has 0 saturated heterocycles. The van der Waals surface area contributed by atoms with Crippen LogP contribution in [-0.2, 0) is 0 Å². The molecule has 0 atom stereocenters. The first kappa shape index (κ1) is 8.61. The Labute approximate surface area is 94.3 Å². The number of rotatable bonds is 1. The van der Waals surface area contributed by atoms with E-state index in [1.807, 2.05) is 12.3 Å². The number of imidazole rings is 1. The van der Waals surface area contributed by atoms with Gasteiger partial charge in [0.05, 0.1) is 5.52 Å². The van der Waals surface area contributed by atoms with Crippen molar-refractivity contribution in [1.29, 1.82) is 0 Å². The Morgan fingerprint density at radius 2 is 2.36 bits per heavy atom. The first-order valence-corrected chi connectivity index (χ1v) is 5.71. The zero-order valence-corrected chi connectivity index (χ0v) is 9.73. The second-order valence-electron chi connectivity index (χ2n) is 3.56. The van der Waals surface area contributed by atoms with Crippen LogP contribution in [0.15, 0.2) is 16.7 Å². The molecule has 0 aliphatic heterocycles. The number of aromatic amines is 1. The molecular formula is C9H8BrN3S. The minimum Gasteiger partial charge on any atom is -0.329 e. The van der Waals surface area contributed by atoms with Crippen LogP contribution in [0.3, 0.4) is 0 Å². The van der Waals surface area contributed by atoms with Gasteiger partial charge in [0.2, 0.25) is 0 Å². The fourth-order valence-corrected chi connectivity index (χ4v) is 2.34. The highest BCUT2D eigenvalue weighted by molar-refractivity contribution is 9.10. The van der Waals surface area contributed by atoms with Crippen LogP contribution in [0.1, 0.15) is 18.9 Å². The molecule has 2 aromatic heterocycles. The lowest BCUT2D eigenvalue weighted by Crippen LogP contribution is -1.94. The van der Waals surface area contributed by atoms with E-state index in [4.69, 9.17) is 12.2 Å². The van der Waals surface area contributed by atoms with Gasteiger partial charge in [0.15, 0.2) is 10.4 Å². The fourth-order valence-electron chi connectivity index (χ4n) is 1.66. The average Bonchev–Trinajstić information content (AvgIpc) is 2.89. The second kappa shape index (κ2) is 2.90. The largest absolute Gasteiger partial charge is 0.329 e. The molecule has 0 unspecified atom stereocenters. The van der Waals surface area contributed by atoms with E-state index in [9.17, 15) is 0 Å². The number of halogens is 1. The van der Waals surface area contributed by atoms with E-state index in [0.717, 1.165) is 20.4 Å². The Balaban J connectivity index is 2.37. The number of H-pyrrole nitrogens is 1. The molecule has 0 amide bonds. The van der Waals surface area contributed by atoms with Gasteiger partial charge in [-0.15, -0.1) is 0 Å². The molecular weight excluding hydrogens is 262 g/mol. The molecule has 0 bridgehead atoms. The van der Waals surface area contributed by atoms with E-state index >= 15 is 0 Å². The van der Waals surface area contributed by atoms with Crippen molar-refractivity contribution in [2.24, 2.45) is 0 Å². The standard InChI is InChI=1S/C9H8BrN3S/c10-5-3-7-8(11-4-5)13(6-1-2-6)9(14)12-7/h3-4,6H,1-2H2,(H,12,14). The lowest BCUT2D eigenvalue weighted by molar-refractivity contribution is 0.745. The van der Waals surface area contributed by atoms with Gasteiger partial charge in [-0.2, -0.15) is 0 Å². The van der Waals surface area contributed by atoms with Crippen molar-refractivity contribution >= 4 is 39.3 Å². The van der Waals surface area contributed by atoms with Crippen LogP contribution in [0.5, 0.6) is 0 Å². The van der Waals surface area contributed by atoms with Gasteiger partial charge >= 0.3 is 0 Å². The smallest absolute Gasteiger partial charge is 0.179 e. The highest BCUT2D eigenvalue weighted by Gasteiger charge is 2.26. The van der Waals surface area contributed by atoms with Crippen LogP contribution in [-0.4, -0.2) is 14.5 Å². The maximum atomic E-state index is 5.26. The summed E-state index contributed by atoms with van der Waals surface area (Å²) in [4.78, 5) is 7.56. The molecule has 1 fully saturated rings. The molecule has 1 aliphatic carbocycles. The molecule has 14 heavy (non-hydrogen) atoms. The predicted octanol–water partition coefficient (Wildman–Crippen LogP) is 3.19. The number of aromatic nitrogens is 3. The van der Waals surface area contributed by atoms with E-state index in [2.05, 4.69) is 30.5 Å². The zero-order chi connectivity index (χ0) is 9.71. The average molecular weight is 270 g/mol. The monoisotopic (exact) mass is 269 g/mol. The molecule has 2 heterocycles. The molecule has 2 aromatic rings. The van der Waals surface area contributed by atoms with Crippen LogP contribution >= 0.6 is 28.1 Å². The van der Waals surface area contributed by atoms with Crippen molar-refractivity contribution in [2.45, 2.75) is 18.9 Å². The molecule has 0 radical (unpaired) electrons. The second-order valence-corrected chi connectivity index (χ2v) is 4.86. The first-order valence-electron chi connectivity index (χ1n) is 4.51. The van der Waals surface area contributed by atoms with Crippen LogP contribution in [0.2, 0.25) is 0 Å². The van der Waals surface area contributed by atoms with E-state index in [0.29, 0.717) is 6.04 Å². The van der Waals surface area contributed by atoms with Crippen molar-refractivity contribution < 1.29 is 0 Å². The lowest BCUT2D eigenvalue weighted by atomic mass is 10.4. The lowest BCUT2D eigenvalue weighted by Gasteiger charge is -1.99. The van der Waals surface area contributed by atoms with Crippen molar-refractivity contribution in [1.82, 2.24) is 14.5 Å². The van der Waals surface area contributed by atoms with Gasteiger partial charge in [0.25, 0.3) is 0 Å². The predicted molar refractivity (Wildman–Crippen MR) is 60.9 cm³/mol. The Morgan fingerprint density at radius 1 is 1.57 bits per heavy atom. The number of fused-ring (bicyclic) bond motifs is 1. The van der Waals surface area contributed by atoms with Gasteiger partial charge in [-0.25, -0.2) is 4.98 Å². The number of hydrogen-bond donors (Lipinski definition) is 1. The third kappa shape index (κ3) is 1.23. The molecule has 3 rings (SSSR count). The first-order chi connectivity index (χ1) is 6.75. The number of nitrogens with zero attached hydrogens (tertiary/aromatic N) is 2. The van der Waals surface area contributed by atoms with Crippen LogP contribution in [0.25, 0.3) is 11.2 Å². The molecule has 3 nitrogen and oxygen atoms in total. The van der Waals surface area contributed by atoms with E-state index < -0.39 is 0 Å². The summed E-state index contributed by atoms with van der Waals surface area (Å²) in [6.07, 6.45) is 4.25. The summed E-state index contributed by atoms with van der Waals surface area (Å²) in [5.74, 6) is 0. The number of nitrogens with one attached hydrogen (secondary N) is 1. The topological polar surface area (TPSA) is 33.6 Å². The van der Waals surface area contributed by atoms with Crippen LogP contribution in [0, 0.1) is 4.77 Å². The summed E-state index contributed by atoms with van der Waals surface area (Å²) in [5, 5.41) is 0. The SMILES string of the molecule is S=c1[nH]c2cc(Br)cnc2n1C1CC1. The third-order valence-electron chi connectivity index (χ3n) is 2.43. The van der Waals surface area contributed by atoms with E-state index in [-0.39, 0.29) is 0 Å². The molecule has 1 N–H and O–H groups in total. The summed E-state index contributed by atoms with van der Waals surface area (Å²) >= 11 is 8.66. The number of pyridine rings is 1. The van der Waals surface area contributed by atoms with E-state index in [1.165, 1.54) is 12.8 Å². The van der Waals surface area contributed by atoms with Gasteiger partial charge in [-0.1, -0.05) is 0 Å². The summed E-state index contributed by atoms with van der Waals surface area (Å²) in [6, 6.07) is 2.58. The minimum absolute atomic E-state index is 0.574. The van der Waals surface area contributed by atoms with Crippen LogP contribution < -0.4 is 0 Å². The molecule has 5 heteroatoms.